The zero-order valence-corrected chi connectivity index (χ0v) is 23.1. The number of nitrogens with one attached hydrogen (secondary N) is 1. The fraction of sp³-hybridized carbons (Fsp3) is 0.357. The molecule has 3 rings (SSSR count). The molecule has 37 heavy (non-hydrogen) atoms. The van der Waals surface area contributed by atoms with E-state index in [1.165, 1.54) is 4.31 Å². The van der Waals surface area contributed by atoms with E-state index in [2.05, 4.69) is 17.2 Å². The molecule has 0 saturated heterocycles. The molecule has 0 spiro atoms. The maximum absolute atomic E-state index is 14.0. The number of halogens is 1. The predicted octanol–water partition coefficient (Wildman–Crippen LogP) is 4.88. The molecule has 1 heterocycles. The molecule has 0 saturated carbocycles. The molecule has 9 heteroatoms. The van der Waals surface area contributed by atoms with Gasteiger partial charge < -0.3 is 11.1 Å². The Kier molecular flexibility index (Phi) is 10.2. The molecule has 1 amide bonds. The number of aromatic nitrogens is 1. The summed E-state index contributed by atoms with van der Waals surface area (Å²) < 4.78 is 29.4. The Balaban J connectivity index is 1.98. The summed E-state index contributed by atoms with van der Waals surface area (Å²) in [5.41, 5.74) is 10.0. The van der Waals surface area contributed by atoms with Crippen molar-refractivity contribution in [3.05, 3.63) is 82.6 Å². The van der Waals surface area contributed by atoms with E-state index in [0.717, 1.165) is 28.7 Å². The molecular formula is C28H35ClN4O3S. The molecule has 198 valence electrons. The molecule has 3 aromatic rings. The highest BCUT2D eigenvalue weighted by atomic mass is 35.5. The molecule has 0 aliphatic rings. The predicted molar refractivity (Wildman–Crippen MR) is 149 cm³/mol. The van der Waals surface area contributed by atoms with E-state index in [9.17, 15) is 13.2 Å². The summed E-state index contributed by atoms with van der Waals surface area (Å²) in [6.07, 6.45) is 5.02. The third-order valence-corrected chi connectivity index (χ3v) is 8.97. The molecule has 1 atom stereocenters. The van der Waals surface area contributed by atoms with E-state index in [0.29, 0.717) is 30.1 Å². The molecule has 1 aromatic heterocycles. The number of carbonyl (C=O) groups is 1. The van der Waals surface area contributed by atoms with E-state index >= 15 is 0 Å². The fourth-order valence-corrected chi connectivity index (χ4v) is 6.47. The van der Waals surface area contributed by atoms with E-state index in [4.69, 9.17) is 17.3 Å². The first-order chi connectivity index (χ1) is 17.7. The second-order valence-electron chi connectivity index (χ2n) is 8.91. The third-order valence-electron chi connectivity index (χ3n) is 6.45. The van der Waals surface area contributed by atoms with Crippen molar-refractivity contribution in [2.75, 3.05) is 19.6 Å². The lowest BCUT2D eigenvalue weighted by atomic mass is 9.97. The maximum Gasteiger partial charge on any atom is 0.243 e. The van der Waals surface area contributed by atoms with Crippen LogP contribution in [-0.2, 0) is 21.2 Å². The number of sulfonamides is 1. The van der Waals surface area contributed by atoms with Crippen LogP contribution in [-0.4, -0.2) is 43.2 Å². The molecule has 7 nitrogen and oxygen atoms in total. The Morgan fingerprint density at radius 3 is 2.68 bits per heavy atom. The fourth-order valence-electron chi connectivity index (χ4n) is 4.33. The lowest BCUT2D eigenvalue weighted by Crippen LogP contribution is -2.36. The van der Waals surface area contributed by atoms with E-state index < -0.39 is 16.1 Å². The molecule has 0 unspecified atom stereocenters. The molecule has 0 fully saturated rings. The first-order valence-electron chi connectivity index (χ1n) is 12.5. The minimum atomic E-state index is -3.92. The maximum atomic E-state index is 14.0. The van der Waals surface area contributed by atoms with Crippen LogP contribution in [0, 0.1) is 6.92 Å². The van der Waals surface area contributed by atoms with Gasteiger partial charge in [0.1, 0.15) is 0 Å². The van der Waals surface area contributed by atoms with Crippen LogP contribution in [0.3, 0.4) is 0 Å². The van der Waals surface area contributed by atoms with E-state index in [-0.39, 0.29) is 23.8 Å². The number of aryl methyl sites for hydroxylation is 1. The number of rotatable bonds is 12. The van der Waals surface area contributed by atoms with Crippen molar-refractivity contribution in [1.29, 1.82) is 0 Å². The number of hydrogen-bond acceptors (Lipinski definition) is 5. The lowest BCUT2D eigenvalue weighted by molar-refractivity contribution is -0.121. The van der Waals surface area contributed by atoms with Crippen LogP contribution in [0.15, 0.2) is 65.8 Å². The minimum absolute atomic E-state index is 0.152. The van der Waals surface area contributed by atoms with Gasteiger partial charge in [-0.3, -0.25) is 9.78 Å². The minimum Gasteiger partial charge on any atom is -0.355 e. The van der Waals surface area contributed by atoms with Crippen LogP contribution in [0.4, 0.5) is 0 Å². The summed E-state index contributed by atoms with van der Waals surface area (Å²) >= 11 is 6.28. The van der Waals surface area contributed by atoms with Crippen LogP contribution in [0.2, 0.25) is 5.02 Å². The molecule has 3 N–H and O–H groups in total. The largest absolute Gasteiger partial charge is 0.355 e. The van der Waals surface area contributed by atoms with Gasteiger partial charge in [-0.25, -0.2) is 8.42 Å². The van der Waals surface area contributed by atoms with Gasteiger partial charge in [-0.1, -0.05) is 42.8 Å². The number of pyridine rings is 1. The van der Waals surface area contributed by atoms with Crippen molar-refractivity contribution >= 4 is 27.5 Å². The van der Waals surface area contributed by atoms with Gasteiger partial charge in [-0.2, -0.15) is 4.31 Å². The highest BCUT2D eigenvalue weighted by Crippen LogP contribution is 2.33. The van der Waals surface area contributed by atoms with E-state index in [1.54, 1.807) is 31.3 Å². The van der Waals surface area contributed by atoms with Gasteiger partial charge in [-0.15, -0.1) is 0 Å². The Hall–Kier alpha value is -2.78. The summed E-state index contributed by atoms with van der Waals surface area (Å²) in [6, 6.07) is 14.3. The second kappa shape index (κ2) is 13.1. The van der Waals surface area contributed by atoms with Crippen LogP contribution < -0.4 is 11.1 Å². The monoisotopic (exact) mass is 542 g/mol. The molecule has 0 aliphatic heterocycles. The van der Waals surface area contributed by atoms with Gasteiger partial charge in [-0.05, 0) is 78.8 Å². The first-order valence-corrected chi connectivity index (χ1v) is 14.3. The Morgan fingerprint density at radius 2 is 1.95 bits per heavy atom. The van der Waals surface area contributed by atoms with Gasteiger partial charge >= 0.3 is 0 Å². The van der Waals surface area contributed by atoms with Crippen molar-refractivity contribution in [3.8, 4) is 11.1 Å². The quantitative estimate of drug-likeness (QED) is 0.339. The van der Waals surface area contributed by atoms with Crippen molar-refractivity contribution in [2.45, 2.75) is 51.0 Å². The van der Waals surface area contributed by atoms with Crippen LogP contribution in [0.1, 0.15) is 49.4 Å². The number of hydrogen-bond donors (Lipinski definition) is 2. The second-order valence-corrected chi connectivity index (χ2v) is 11.2. The van der Waals surface area contributed by atoms with Gasteiger partial charge in [0.2, 0.25) is 15.9 Å². The summed E-state index contributed by atoms with van der Waals surface area (Å²) in [6.45, 7) is 6.57. The number of amides is 1. The average molecular weight is 543 g/mol. The van der Waals surface area contributed by atoms with Crippen molar-refractivity contribution in [3.63, 3.8) is 0 Å². The molecule has 0 aliphatic carbocycles. The molecule has 2 aromatic carbocycles. The van der Waals surface area contributed by atoms with Gasteiger partial charge in [0.25, 0.3) is 0 Å². The number of benzene rings is 2. The first kappa shape index (κ1) is 28.8. The summed E-state index contributed by atoms with van der Waals surface area (Å²) in [7, 11) is -3.92. The normalized spacial score (nSPS) is 12.5. The summed E-state index contributed by atoms with van der Waals surface area (Å²) in [4.78, 5) is 16.5. The van der Waals surface area contributed by atoms with Crippen molar-refractivity contribution in [1.82, 2.24) is 14.6 Å². The number of carbonyl (C=O) groups excluding carboxylic acids is 1. The van der Waals surface area contributed by atoms with Crippen molar-refractivity contribution in [2.24, 2.45) is 5.73 Å². The summed E-state index contributed by atoms with van der Waals surface area (Å²) in [5.74, 6) is -0.152. The highest BCUT2D eigenvalue weighted by molar-refractivity contribution is 7.89. The van der Waals surface area contributed by atoms with Gasteiger partial charge in [0.15, 0.2) is 0 Å². The summed E-state index contributed by atoms with van der Waals surface area (Å²) in [5, 5.41) is 3.13. The average Bonchev–Trinajstić information content (AvgIpc) is 2.90. The van der Waals surface area contributed by atoms with E-state index in [1.807, 2.05) is 43.5 Å². The van der Waals surface area contributed by atoms with Crippen LogP contribution in [0.25, 0.3) is 11.1 Å². The smallest absolute Gasteiger partial charge is 0.243 e. The Labute approximate surface area is 225 Å². The van der Waals surface area contributed by atoms with Crippen molar-refractivity contribution < 1.29 is 13.2 Å². The topological polar surface area (TPSA) is 105 Å². The third kappa shape index (κ3) is 6.96. The lowest BCUT2D eigenvalue weighted by Gasteiger charge is -2.30. The zero-order valence-electron chi connectivity index (χ0n) is 21.6. The molecule has 0 bridgehead atoms. The van der Waals surface area contributed by atoms with Crippen LogP contribution in [0.5, 0.6) is 0 Å². The van der Waals surface area contributed by atoms with Gasteiger partial charge in [0, 0.05) is 49.5 Å². The zero-order chi connectivity index (χ0) is 27.0. The number of nitrogens with zero attached hydrogens (tertiary/aromatic N) is 2. The Morgan fingerprint density at radius 1 is 1.19 bits per heavy atom. The number of nitrogens with two attached hydrogens (primary N) is 1. The molecule has 0 radical (unpaired) electrons. The highest BCUT2D eigenvalue weighted by Gasteiger charge is 2.31. The SMILES string of the molecule is CCc1cnccc1-c1cccc([C@H](C)N(CCCC(=O)NCCN)S(=O)(=O)c2cccc(Cl)c2C)c1. The standard InChI is InChI=1S/C28H35ClN4O3S/c1-4-22-19-31-15-13-25(22)24-9-5-8-23(18-24)21(3)33(17-7-12-28(34)32-16-14-30)37(35,36)27-11-6-10-26(29)20(27)2/h5-6,8-11,13,15,18-19,21H,4,7,12,14,16-17,30H2,1-3H3,(H,32,34)/t21-/m0/s1. The molecular weight excluding hydrogens is 508 g/mol. The van der Waals surface area contributed by atoms with Crippen LogP contribution >= 0.6 is 11.6 Å². The Bertz CT molecular complexity index is 1330. The van der Waals surface area contributed by atoms with Gasteiger partial charge in [0.05, 0.1) is 4.90 Å².